The van der Waals surface area contributed by atoms with Crippen LogP contribution in [0.4, 0.5) is 11.8 Å². The van der Waals surface area contributed by atoms with Crippen molar-refractivity contribution in [3.8, 4) is 0 Å². The number of H-pyrrole nitrogens is 1. The van der Waals surface area contributed by atoms with E-state index in [0.29, 0.717) is 23.3 Å². The Bertz CT molecular complexity index is 634. The van der Waals surface area contributed by atoms with E-state index in [4.69, 9.17) is 10.5 Å². The molecule has 2 aromatic rings. The van der Waals surface area contributed by atoms with Crippen molar-refractivity contribution < 1.29 is 4.74 Å². The molecule has 0 aromatic carbocycles. The topological polar surface area (TPSA) is 106 Å². The van der Waals surface area contributed by atoms with Gasteiger partial charge in [0, 0.05) is 13.3 Å². The third-order valence-electron chi connectivity index (χ3n) is 2.98. The Balaban J connectivity index is 2.44. The van der Waals surface area contributed by atoms with E-state index in [-0.39, 0.29) is 17.5 Å². The lowest BCUT2D eigenvalue weighted by Crippen LogP contribution is -2.26. The SMILES string of the molecule is CCC[C@@H](COC)Nc1nc(N)nc2cc[nH]c(=O)c12. The van der Waals surface area contributed by atoms with E-state index < -0.39 is 0 Å². The number of aromatic amines is 1. The monoisotopic (exact) mass is 277 g/mol. The van der Waals surface area contributed by atoms with Gasteiger partial charge in [-0.25, -0.2) is 4.98 Å². The zero-order valence-electron chi connectivity index (χ0n) is 11.6. The predicted molar refractivity (Wildman–Crippen MR) is 78.8 cm³/mol. The predicted octanol–water partition coefficient (Wildman–Crippen LogP) is 1.13. The number of nitrogens with two attached hydrogens (primary N) is 1. The molecule has 0 saturated heterocycles. The summed E-state index contributed by atoms with van der Waals surface area (Å²) in [7, 11) is 1.64. The van der Waals surface area contributed by atoms with Crippen LogP contribution in [0.5, 0.6) is 0 Å². The second kappa shape index (κ2) is 6.33. The Labute approximate surface area is 116 Å². The van der Waals surface area contributed by atoms with Crippen molar-refractivity contribution in [2.24, 2.45) is 0 Å². The highest BCUT2D eigenvalue weighted by Crippen LogP contribution is 2.18. The summed E-state index contributed by atoms with van der Waals surface area (Å²) in [5.41, 5.74) is 5.98. The van der Waals surface area contributed by atoms with Crippen molar-refractivity contribution in [2.75, 3.05) is 24.8 Å². The van der Waals surface area contributed by atoms with Gasteiger partial charge in [-0.05, 0) is 12.5 Å². The summed E-state index contributed by atoms with van der Waals surface area (Å²) in [6.07, 6.45) is 3.44. The van der Waals surface area contributed by atoms with E-state index >= 15 is 0 Å². The van der Waals surface area contributed by atoms with Gasteiger partial charge in [0.1, 0.15) is 11.2 Å². The molecule has 0 bridgehead atoms. The number of pyridine rings is 1. The Morgan fingerprint density at radius 2 is 2.30 bits per heavy atom. The van der Waals surface area contributed by atoms with Gasteiger partial charge < -0.3 is 20.8 Å². The highest BCUT2D eigenvalue weighted by atomic mass is 16.5. The second-order valence-corrected chi connectivity index (χ2v) is 4.58. The molecule has 2 aromatic heterocycles. The van der Waals surface area contributed by atoms with Crippen molar-refractivity contribution in [1.82, 2.24) is 15.0 Å². The molecule has 0 amide bonds. The minimum Gasteiger partial charge on any atom is -0.383 e. The smallest absolute Gasteiger partial charge is 0.261 e. The molecule has 0 unspecified atom stereocenters. The number of ether oxygens (including phenoxy) is 1. The molecular formula is C13H19N5O2. The van der Waals surface area contributed by atoms with Crippen LogP contribution in [-0.4, -0.2) is 34.7 Å². The van der Waals surface area contributed by atoms with Crippen LogP contribution in [0.15, 0.2) is 17.1 Å². The van der Waals surface area contributed by atoms with Crippen molar-refractivity contribution in [1.29, 1.82) is 0 Å². The number of nitrogen functional groups attached to an aromatic ring is 1. The van der Waals surface area contributed by atoms with Crippen LogP contribution >= 0.6 is 0 Å². The minimum absolute atomic E-state index is 0.0714. The minimum atomic E-state index is -0.238. The maximum absolute atomic E-state index is 12.0. The lowest BCUT2D eigenvalue weighted by atomic mass is 10.1. The number of anilines is 2. The summed E-state index contributed by atoms with van der Waals surface area (Å²) in [6.45, 7) is 2.62. The van der Waals surface area contributed by atoms with Gasteiger partial charge >= 0.3 is 0 Å². The number of hydrogen-bond donors (Lipinski definition) is 3. The zero-order valence-corrected chi connectivity index (χ0v) is 11.6. The lowest BCUT2D eigenvalue weighted by molar-refractivity contribution is 0.182. The van der Waals surface area contributed by atoms with E-state index in [1.54, 1.807) is 19.4 Å². The normalized spacial score (nSPS) is 12.5. The van der Waals surface area contributed by atoms with Crippen LogP contribution in [0.1, 0.15) is 19.8 Å². The lowest BCUT2D eigenvalue weighted by Gasteiger charge is -2.18. The molecule has 0 aliphatic heterocycles. The molecule has 0 saturated carbocycles. The molecule has 4 N–H and O–H groups in total. The molecule has 0 radical (unpaired) electrons. The van der Waals surface area contributed by atoms with E-state index in [9.17, 15) is 4.79 Å². The third kappa shape index (κ3) is 3.05. The molecule has 1 atom stereocenters. The van der Waals surface area contributed by atoms with E-state index in [1.165, 1.54) is 0 Å². The number of nitrogens with zero attached hydrogens (tertiary/aromatic N) is 2. The summed E-state index contributed by atoms with van der Waals surface area (Å²) < 4.78 is 5.18. The molecule has 0 spiro atoms. The Hall–Kier alpha value is -2.15. The van der Waals surface area contributed by atoms with Crippen molar-refractivity contribution in [3.05, 3.63) is 22.6 Å². The van der Waals surface area contributed by atoms with Crippen LogP contribution < -0.4 is 16.6 Å². The van der Waals surface area contributed by atoms with Gasteiger partial charge in [-0.1, -0.05) is 13.3 Å². The van der Waals surface area contributed by atoms with Crippen LogP contribution in [-0.2, 0) is 4.74 Å². The summed E-state index contributed by atoms with van der Waals surface area (Å²) in [5, 5.41) is 3.65. The molecule has 2 rings (SSSR count). The molecule has 0 aliphatic carbocycles. The largest absolute Gasteiger partial charge is 0.383 e. The molecular weight excluding hydrogens is 258 g/mol. The van der Waals surface area contributed by atoms with Crippen molar-refractivity contribution in [2.45, 2.75) is 25.8 Å². The quantitative estimate of drug-likeness (QED) is 0.730. The van der Waals surface area contributed by atoms with E-state index in [0.717, 1.165) is 12.8 Å². The van der Waals surface area contributed by atoms with Gasteiger partial charge in [-0.2, -0.15) is 4.98 Å². The number of fused-ring (bicyclic) bond motifs is 1. The molecule has 0 fully saturated rings. The van der Waals surface area contributed by atoms with E-state index in [2.05, 4.69) is 27.2 Å². The van der Waals surface area contributed by atoms with Gasteiger partial charge in [0.15, 0.2) is 0 Å². The maximum Gasteiger partial charge on any atom is 0.261 e. The van der Waals surface area contributed by atoms with Crippen molar-refractivity contribution in [3.63, 3.8) is 0 Å². The summed E-state index contributed by atoms with van der Waals surface area (Å²) >= 11 is 0. The average Bonchev–Trinajstić information content (AvgIpc) is 2.38. The first-order valence-electron chi connectivity index (χ1n) is 6.56. The zero-order chi connectivity index (χ0) is 14.5. The Morgan fingerprint density at radius 3 is 3.00 bits per heavy atom. The number of aromatic nitrogens is 3. The fraction of sp³-hybridized carbons (Fsp3) is 0.462. The van der Waals surface area contributed by atoms with Crippen molar-refractivity contribution >= 4 is 22.7 Å². The summed E-state index contributed by atoms with van der Waals surface area (Å²) in [5.74, 6) is 0.586. The summed E-state index contributed by atoms with van der Waals surface area (Å²) in [6, 6.07) is 1.77. The highest BCUT2D eigenvalue weighted by Gasteiger charge is 2.14. The van der Waals surface area contributed by atoms with Gasteiger partial charge in [0.25, 0.3) is 5.56 Å². The number of rotatable bonds is 6. The van der Waals surface area contributed by atoms with Gasteiger partial charge in [-0.15, -0.1) is 0 Å². The molecule has 0 aliphatic rings. The summed E-state index contributed by atoms with van der Waals surface area (Å²) in [4.78, 5) is 22.8. The van der Waals surface area contributed by atoms with Gasteiger partial charge in [-0.3, -0.25) is 4.79 Å². The van der Waals surface area contributed by atoms with Crippen LogP contribution in [0, 0.1) is 0 Å². The standard InChI is InChI=1S/C13H19N5O2/c1-3-4-8(7-20-2)16-11-10-9(17-13(14)18-11)5-6-15-12(10)19/h5-6,8H,3-4,7H2,1-2H3,(H,15,19)(H3,14,16,17,18)/t8-/m0/s1. The average molecular weight is 277 g/mol. The van der Waals surface area contributed by atoms with Crippen LogP contribution in [0.2, 0.25) is 0 Å². The maximum atomic E-state index is 12.0. The van der Waals surface area contributed by atoms with Gasteiger partial charge in [0.05, 0.1) is 18.2 Å². The first-order chi connectivity index (χ1) is 9.65. The first kappa shape index (κ1) is 14.3. The molecule has 7 heteroatoms. The highest BCUT2D eigenvalue weighted by molar-refractivity contribution is 5.89. The fourth-order valence-electron chi connectivity index (χ4n) is 2.15. The number of nitrogens with one attached hydrogen (secondary N) is 2. The van der Waals surface area contributed by atoms with E-state index in [1.807, 2.05) is 0 Å². The van der Waals surface area contributed by atoms with Crippen LogP contribution in [0.3, 0.4) is 0 Å². The number of hydrogen-bond acceptors (Lipinski definition) is 6. The fourth-order valence-corrected chi connectivity index (χ4v) is 2.15. The second-order valence-electron chi connectivity index (χ2n) is 4.58. The molecule has 7 nitrogen and oxygen atoms in total. The number of methoxy groups -OCH3 is 1. The first-order valence-corrected chi connectivity index (χ1v) is 6.56. The molecule has 2 heterocycles. The van der Waals surface area contributed by atoms with Crippen LogP contribution in [0.25, 0.3) is 10.9 Å². The third-order valence-corrected chi connectivity index (χ3v) is 2.98. The molecule has 108 valence electrons. The van der Waals surface area contributed by atoms with Gasteiger partial charge in [0.2, 0.25) is 5.95 Å². The molecule has 20 heavy (non-hydrogen) atoms. The Morgan fingerprint density at radius 1 is 1.50 bits per heavy atom. The Kier molecular flexibility index (Phi) is 4.52.